The number of carbonyl (C=O) groups excluding carboxylic acids is 2. The molecule has 0 aliphatic carbocycles. The van der Waals surface area contributed by atoms with Crippen LogP contribution in [-0.2, 0) is 4.79 Å². The van der Waals surface area contributed by atoms with Gasteiger partial charge in [0.1, 0.15) is 24.0 Å². The summed E-state index contributed by atoms with van der Waals surface area (Å²) >= 11 is 0. The topological polar surface area (TPSA) is 78.9 Å². The summed E-state index contributed by atoms with van der Waals surface area (Å²) < 4.78 is 5.82. The van der Waals surface area contributed by atoms with Crippen molar-refractivity contribution in [1.82, 2.24) is 10.2 Å². The number of rotatable bonds is 10. The zero-order valence-corrected chi connectivity index (χ0v) is 17.8. The zero-order valence-electron chi connectivity index (χ0n) is 17.8. The Balaban J connectivity index is 1.93. The van der Waals surface area contributed by atoms with Crippen molar-refractivity contribution in [3.63, 3.8) is 0 Å². The van der Waals surface area contributed by atoms with E-state index in [4.69, 9.17) is 4.74 Å². The van der Waals surface area contributed by atoms with Gasteiger partial charge in [0, 0.05) is 0 Å². The fraction of sp³-hybridized carbons (Fsp3) is 0.636. The molecular formula is C22H34N2O4. The van der Waals surface area contributed by atoms with Gasteiger partial charge >= 0.3 is 6.03 Å². The molecule has 1 heterocycles. The smallest absolute Gasteiger partial charge is 0.325 e. The highest BCUT2D eigenvalue weighted by Crippen LogP contribution is 2.27. The maximum atomic E-state index is 12.8. The number of hydrogen-bond acceptors (Lipinski definition) is 4. The van der Waals surface area contributed by atoms with Crippen molar-refractivity contribution < 1.29 is 19.4 Å². The van der Waals surface area contributed by atoms with Gasteiger partial charge in [0.25, 0.3) is 5.91 Å². The molecule has 6 nitrogen and oxygen atoms in total. The van der Waals surface area contributed by atoms with Crippen LogP contribution in [0, 0.1) is 20.8 Å². The molecule has 156 valence electrons. The largest absolute Gasteiger partial charge is 0.490 e. The SMILES string of the molecule is CCCCCC[C@@]1(C)NC(=O)N(C[C@@H](O)COc2c(C)ccc(C)c2C)C1=O. The van der Waals surface area contributed by atoms with E-state index >= 15 is 0 Å². The van der Waals surface area contributed by atoms with Gasteiger partial charge in [0.2, 0.25) is 0 Å². The fourth-order valence-corrected chi connectivity index (χ4v) is 3.58. The molecule has 2 atom stereocenters. The minimum absolute atomic E-state index is 0.0232. The standard InChI is InChI=1S/C22H34N2O4/c1-6-7-8-9-12-22(5)20(26)24(21(27)23-22)13-18(25)14-28-19-16(3)11-10-15(2)17(19)4/h10-11,18,25H,6-9,12-14H2,1-5H3,(H,23,27)/t18-,22-/m1/s1. The first-order chi connectivity index (χ1) is 13.2. The van der Waals surface area contributed by atoms with Gasteiger partial charge in [-0.1, -0.05) is 44.7 Å². The predicted molar refractivity (Wildman–Crippen MR) is 110 cm³/mol. The summed E-state index contributed by atoms with van der Waals surface area (Å²) in [6.07, 6.45) is 3.84. The monoisotopic (exact) mass is 390 g/mol. The van der Waals surface area contributed by atoms with Gasteiger partial charge in [-0.2, -0.15) is 0 Å². The third-order valence-electron chi connectivity index (χ3n) is 5.56. The molecule has 3 amide bonds. The first kappa shape index (κ1) is 22.2. The lowest BCUT2D eigenvalue weighted by atomic mass is 9.94. The van der Waals surface area contributed by atoms with E-state index in [-0.39, 0.29) is 19.1 Å². The van der Waals surface area contributed by atoms with Crippen molar-refractivity contribution in [3.05, 3.63) is 28.8 Å². The Kier molecular flexibility index (Phi) is 7.47. The van der Waals surface area contributed by atoms with E-state index in [0.29, 0.717) is 6.42 Å². The molecule has 0 unspecified atom stereocenters. The molecule has 2 rings (SSSR count). The van der Waals surface area contributed by atoms with E-state index < -0.39 is 17.7 Å². The molecular weight excluding hydrogens is 356 g/mol. The summed E-state index contributed by atoms with van der Waals surface area (Å²) in [5.41, 5.74) is 2.25. The van der Waals surface area contributed by atoms with Crippen LogP contribution in [0.2, 0.25) is 0 Å². The van der Waals surface area contributed by atoms with Crippen LogP contribution in [0.25, 0.3) is 0 Å². The maximum absolute atomic E-state index is 12.8. The molecule has 0 bridgehead atoms. The summed E-state index contributed by atoms with van der Waals surface area (Å²) in [4.78, 5) is 26.2. The van der Waals surface area contributed by atoms with Gasteiger partial charge in [-0.25, -0.2) is 4.79 Å². The quantitative estimate of drug-likeness (QED) is 0.472. The lowest BCUT2D eigenvalue weighted by molar-refractivity contribution is -0.132. The molecule has 6 heteroatoms. The minimum atomic E-state index is -0.948. The van der Waals surface area contributed by atoms with E-state index in [1.807, 2.05) is 32.9 Å². The lowest BCUT2D eigenvalue weighted by Gasteiger charge is -2.23. The Morgan fingerprint density at radius 2 is 1.82 bits per heavy atom. The number of amides is 3. The Morgan fingerprint density at radius 1 is 1.14 bits per heavy atom. The number of aliphatic hydroxyl groups is 1. The number of β-amino-alcohol motifs (C(OH)–C–C–N with tert-alkyl or cyclic N) is 1. The minimum Gasteiger partial charge on any atom is -0.490 e. The highest BCUT2D eigenvalue weighted by Gasteiger charge is 2.47. The number of benzene rings is 1. The number of aliphatic hydroxyl groups excluding tert-OH is 1. The summed E-state index contributed by atoms with van der Waals surface area (Å²) in [6.45, 7) is 9.79. The molecule has 0 spiro atoms. The van der Waals surface area contributed by atoms with Crippen LogP contribution in [0.15, 0.2) is 12.1 Å². The van der Waals surface area contributed by atoms with Gasteiger partial charge in [-0.15, -0.1) is 0 Å². The number of urea groups is 1. The van der Waals surface area contributed by atoms with Crippen molar-refractivity contribution in [2.24, 2.45) is 0 Å². The van der Waals surface area contributed by atoms with Crippen LogP contribution >= 0.6 is 0 Å². The summed E-state index contributed by atoms with van der Waals surface area (Å²) in [7, 11) is 0. The molecule has 0 radical (unpaired) electrons. The van der Waals surface area contributed by atoms with Gasteiger partial charge in [0.05, 0.1) is 6.54 Å². The molecule has 1 aromatic carbocycles. The molecule has 1 fully saturated rings. The molecule has 1 aliphatic heterocycles. The average Bonchev–Trinajstić information content (AvgIpc) is 2.85. The number of imide groups is 1. The highest BCUT2D eigenvalue weighted by atomic mass is 16.5. The van der Waals surface area contributed by atoms with Gasteiger partial charge in [-0.05, 0) is 50.8 Å². The first-order valence-corrected chi connectivity index (χ1v) is 10.2. The van der Waals surface area contributed by atoms with Crippen LogP contribution in [0.3, 0.4) is 0 Å². The number of nitrogens with zero attached hydrogens (tertiary/aromatic N) is 1. The molecule has 0 aromatic heterocycles. The highest BCUT2D eigenvalue weighted by molar-refractivity contribution is 6.06. The van der Waals surface area contributed by atoms with E-state index in [9.17, 15) is 14.7 Å². The van der Waals surface area contributed by atoms with Crippen LogP contribution in [0.4, 0.5) is 4.79 Å². The van der Waals surface area contributed by atoms with Crippen LogP contribution < -0.4 is 10.1 Å². The molecule has 2 N–H and O–H groups in total. The Morgan fingerprint density at radius 3 is 2.50 bits per heavy atom. The molecule has 1 saturated heterocycles. The second kappa shape index (κ2) is 9.41. The first-order valence-electron chi connectivity index (χ1n) is 10.2. The number of unbranched alkanes of at least 4 members (excludes halogenated alkanes) is 3. The Hall–Kier alpha value is -2.08. The number of hydrogen-bond donors (Lipinski definition) is 2. The number of aryl methyl sites for hydroxylation is 2. The van der Waals surface area contributed by atoms with Crippen molar-refractivity contribution in [2.45, 2.75) is 78.4 Å². The lowest BCUT2D eigenvalue weighted by Crippen LogP contribution is -2.45. The summed E-state index contributed by atoms with van der Waals surface area (Å²) in [5, 5.41) is 13.2. The molecule has 1 aromatic rings. The third kappa shape index (κ3) is 5.04. The predicted octanol–water partition coefficient (Wildman–Crippen LogP) is 3.63. The second-order valence-corrected chi connectivity index (χ2v) is 8.11. The van der Waals surface area contributed by atoms with E-state index in [0.717, 1.165) is 53.0 Å². The maximum Gasteiger partial charge on any atom is 0.325 e. The number of ether oxygens (including phenoxy) is 1. The van der Waals surface area contributed by atoms with Crippen LogP contribution in [-0.4, -0.2) is 46.7 Å². The second-order valence-electron chi connectivity index (χ2n) is 8.11. The van der Waals surface area contributed by atoms with Crippen LogP contribution in [0.1, 0.15) is 62.6 Å². The van der Waals surface area contributed by atoms with Gasteiger partial charge < -0.3 is 15.2 Å². The Labute approximate surface area is 168 Å². The average molecular weight is 391 g/mol. The van der Waals surface area contributed by atoms with Gasteiger partial charge in [0.15, 0.2) is 0 Å². The van der Waals surface area contributed by atoms with E-state index in [1.54, 1.807) is 6.92 Å². The molecule has 28 heavy (non-hydrogen) atoms. The van der Waals surface area contributed by atoms with E-state index in [1.165, 1.54) is 0 Å². The number of carbonyl (C=O) groups is 2. The van der Waals surface area contributed by atoms with Crippen molar-refractivity contribution in [1.29, 1.82) is 0 Å². The summed E-state index contributed by atoms with van der Waals surface area (Å²) in [5.74, 6) is 0.480. The van der Waals surface area contributed by atoms with E-state index in [2.05, 4.69) is 12.2 Å². The Bertz CT molecular complexity index is 719. The third-order valence-corrected chi connectivity index (χ3v) is 5.56. The fourth-order valence-electron chi connectivity index (χ4n) is 3.58. The summed E-state index contributed by atoms with van der Waals surface area (Å²) in [6, 6.07) is 3.57. The van der Waals surface area contributed by atoms with Gasteiger partial charge in [-0.3, -0.25) is 9.69 Å². The van der Waals surface area contributed by atoms with Crippen LogP contribution in [0.5, 0.6) is 5.75 Å². The van der Waals surface area contributed by atoms with Crippen molar-refractivity contribution in [2.75, 3.05) is 13.2 Å². The van der Waals surface area contributed by atoms with Crippen molar-refractivity contribution >= 4 is 11.9 Å². The molecule has 0 saturated carbocycles. The zero-order chi connectivity index (χ0) is 20.9. The molecule has 1 aliphatic rings. The number of nitrogens with one attached hydrogen (secondary N) is 1. The normalized spacial score (nSPS) is 20.4. The van der Waals surface area contributed by atoms with Crippen molar-refractivity contribution in [3.8, 4) is 5.75 Å².